The van der Waals surface area contributed by atoms with E-state index in [9.17, 15) is 4.39 Å². The van der Waals surface area contributed by atoms with Gasteiger partial charge in [0.15, 0.2) is 0 Å². The molecule has 92 valence electrons. The maximum absolute atomic E-state index is 13.0. The summed E-state index contributed by atoms with van der Waals surface area (Å²) in [6.07, 6.45) is 3.87. The molecule has 2 heteroatoms. The average Bonchev–Trinajstić information content (AvgIpc) is 2.70. The zero-order chi connectivity index (χ0) is 12.3. The van der Waals surface area contributed by atoms with Crippen LogP contribution < -0.4 is 5.73 Å². The van der Waals surface area contributed by atoms with Gasteiger partial charge in [0.2, 0.25) is 0 Å². The lowest BCUT2D eigenvalue weighted by atomic mass is 9.72. The Labute approximate surface area is 102 Å². The Morgan fingerprint density at radius 3 is 2.24 bits per heavy atom. The van der Waals surface area contributed by atoms with E-state index in [2.05, 4.69) is 13.8 Å². The molecule has 0 bridgehead atoms. The van der Waals surface area contributed by atoms with Gasteiger partial charge in [-0.3, -0.25) is 0 Å². The van der Waals surface area contributed by atoms with Crippen molar-refractivity contribution < 1.29 is 4.39 Å². The molecule has 3 rings (SSSR count). The SMILES string of the molecule is CC(C)(c1ccc(F)cc1)C1(N)C2CCCC21. The Balaban J connectivity index is 1.94. The third kappa shape index (κ3) is 1.33. The summed E-state index contributed by atoms with van der Waals surface area (Å²) in [7, 11) is 0. The lowest BCUT2D eigenvalue weighted by Crippen LogP contribution is -2.47. The standard InChI is InChI=1S/C15H20FN/c1-14(2,10-6-8-11(16)9-7-10)15(17)12-4-3-5-13(12)15/h6-9,12-13H,3-5,17H2,1-2H3. The smallest absolute Gasteiger partial charge is 0.123 e. The van der Waals surface area contributed by atoms with E-state index in [1.54, 1.807) is 12.1 Å². The molecule has 17 heavy (non-hydrogen) atoms. The van der Waals surface area contributed by atoms with E-state index in [0.717, 1.165) is 5.56 Å². The van der Waals surface area contributed by atoms with Crippen LogP contribution in [0.25, 0.3) is 0 Å². The summed E-state index contributed by atoms with van der Waals surface area (Å²) >= 11 is 0. The highest BCUT2D eigenvalue weighted by molar-refractivity contribution is 5.37. The zero-order valence-electron chi connectivity index (χ0n) is 10.5. The monoisotopic (exact) mass is 233 g/mol. The number of fused-ring (bicyclic) bond motifs is 1. The van der Waals surface area contributed by atoms with Gasteiger partial charge < -0.3 is 5.73 Å². The highest BCUT2D eigenvalue weighted by Gasteiger charge is 2.69. The lowest BCUT2D eigenvalue weighted by Gasteiger charge is -2.36. The number of rotatable bonds is 2. The largest absolute Gasteiger partial charge is 0.324 e. The van der Waals surface area contributed by atoms with Crippen molar-refractivity contribution in [1.82, 2.24) is 0 Å². The van der Waals surface area contributed by atoms with Gasteiger partial charge in [0.25, 0.3) is 0 Å². The van der Waals surface area contributed by atoms with Gasteiger partial charge in [0.05, 0.1) is 0 Å². The fraction of sp³-hybridized carbons (Fsp3) is 0.600. The summed E-state index contributed by atoms with van der Waals surface area (Å²) in [6.45, 7) is 4.41. The van der Waals surface area contributed by atoms with Crippen LogP contribution in [0.15, 0.2) is 24.3 Å². The van der Waals surface area contributed by atoms with Crippen molar-refractivity contribution in [2.24, 2.45) is 17.6 Å². The first-order chi connectivity index (χ1) is 7.98. The zero-order valence-corrected chi connectivity index (χ0v) is 10.5. The summed E-state index contributed by atoms with van der Waals surface area (Å²) in [6, 6.07) is 6.85. The summed E-state index contributed by atoms with van der Waals surface area (Å²) in [5, 5.41) is 0. The van der Waals surface area contributed by atoms with E-state index in [-0.39, 0.29) is 16.8 Å². The minimum atomic E-state index is -0.174. The molecule has 2 fully saturated rings. The predicted octanol–water partition coefficient (Wildman–Crippen LogP) is 3.23. The number of benzene rings is 1. The Morgan fingerprint density at radius 1 is 1.18 bits per heavy atom. The van der Waals surface area contributed by atoms with Crippen LogP contribution in [0.3, 0.4) is 0 Å². The average molecular weight is 233 g/mol. The molecule has 0 saturated heterocycles. The first-order valence-corrected chi connectivity index (χ1v) is 6.53. The molecular weight excluding hydrogens is 213 g/mol. The van der Waals surface area contributed by atoms with Gasteiger partial charge in [-0.15, -0.1) is 0 Å². The summed E-state index contributed by atoms with van der Waals surface area (Å²) in [5.74, 6) is 1.19. The van der Waals surface area contributed by atoms with E-state index in [1.165, 1.54) is 19.3 Å². The Hall–Kier alpha value is -0.890. The molecule has 1 aromatic carbocycles. The van der Waals surface area contributed by atoms with Gasteiger partial charge in [0.1, 0.15) is 5.82 Å². The van der Waals surface area contributed by atoms with E-state index >= 15 is 0 Å². The highest BCUT2D eigenvalue weighted by atomic mass is 19.1. The fourth-order valence-corrected chi connectivity index (χ4v) is 4.04. The van der Waals surface area contributed by atoms with Gasteiger partial charge in [-0.25, -0.2) is 4.39 Å². The second kappa shape index (κ2) is 3.32. The molecule has 1 aromatic rings. The second-order valence-electron chi connectivity index (χ2n) is 6.21. The topological polar surface area (TPSA) is 26.0 Å². The Morgan fingerprint density at radius 2 is 1.71 bits per heavy atom. The van der Waals surface area contributed by atoms with Gasteiger partial charge >= 0.3 is 0 Å². The normalized spacial score (nSPS) is 35.8. The van der Waals surface area contributed by atoms with Gasteiger partial charge in [-0.2, -0.15) is 0 Å². The third-order valence-corrected chi connectivity index (χ3v) is 5.28. The molecule has 0 spiro atoms. The van der Waals surface area contributed by atoms with Gasteiger partial charge in [-0.05, 0) is 42.4 Å². The van der Waals surface area contributed by atoms with Crippen LogP contribution in [-0.2, 0) is 5.41 Å². The minimum Gasteiger partial charge on any atom is -0.324 e. The number of hydrogen-bond acceptors (Lipinski definition) is 1. The third-order valence-electron chi connectivity index (χ3n) is 5.28. The highest BCUT2D eigenvalue weighted by Crippen LogP contribution is 2.66. The van der Waals surface area contributed by atoms with E-state index < -0.39 is 0 Å². The molecule has 0 amide bonds. The van der Waals surface area contributed by atoms with Crippen LogP contribution in [0, 0.1) is 17.7 Å². The van der Waals surface area contributed by atoms with Crippen LogP contribution in [0.4, 0.5) is 4.39 Å². The number of nitrogens with two attached hydrogens (primary N) is 1. The van der Waals surface area contributed by atoms with E-state index in [1.807, 2.05) is 12.1 Å². The van der Waals surface area contributed by atoms with Crippen LogP contribution in [-0.4, -0.2) is 5.54 Å². The van der Waals surface area contributed by atoms with Gasteiger partial charge in [0, 0.05) is 11.0 Å². The number of halogens is 1. The maximum atomic E-state index is 13.0. The van der Waals surface area contributed by atoms with Crippen LogP contribution in [0.2, 0.25) is 0 Å². The number of hydrogen-bond donors (Lipinski definition) is 1. The summed E-state index contributed by atoms with van der Waals surface area (Å²) in [4.78, 5) is 0. The molecule has 2 aliphatic rings. The molecule has 2 unspecified atom stereocenters. The van der Waals surface area contributed by atoms with Crippen molar-refractivity contribution in [3.8, 4) is 0 Å². The fourth-order valence-electron chi connectivity index (χ4n) is 4.04. The lowest BCUT2D eigenvalue weighted by molar-refractivity contribution is 0.322. The van der Waals surface area contributed by atoms with E-state index in [0.29, 0.717) is 11.8 Å². The van der Waals surface area contributed by atoms with Crippen molar-refractivity contribution >= 4 is 0 Å². The van der Waals surface area contributed by atoms with Crippen LogP contribution >= 0.6 is 0 Å². The van der Waals surface area contributed by atoms with Crippen LogP contribution in [0.5, 0.6) is 0 Å². The first kappa shape index (κ1) is 11.2. The van der Waals surface area contributed by atoms with Crippen molar-refractivity contribution in [2.45, 2.75) is 44.1 Å². The Kier molecular flexibility index (Phi) is 2.19. The quantitative estimate of drug-likeness (QED) is 0.834. The van der Waals surface area contributed by atoms with Crippen molar-refractivity contribution in [1.29, 1.82) is 0 Å². The molecular formula is C15H20FN. The molecule has 2 aliphatic carbocycles. The molecule has 2 N–H and O–H groups in total. The van der Waals surface area contributed by atoms with Gasteiger partial charge in [-0.1, -0.05) is 32.4 Å². The minimum absolute atomic E-state index is 0.0591. The predicted molar refractivity (Wildman–Crippen MR) is 67.2 cm³/mol. The molecule has 0 heterocycles. The second-order valence-corrected chi connectivity index (χ2v) is 6.21. The summed E-state index contributed by atoms with van der Waals surface area (Å²) < 4.78 is 13.0. The molecule has 2 atom stereocenters. The van der Waals surface area contributed by atoms with Crippen molar-refractivity contribution in [2.75, 3.05) is 0 Å². The Bertz CT molecular complexity index is 425. The van der Waals surface area contributed by atoms with E-state index in [4.69, 9.17) is 5.73 Å². The summed E-state index contributed by atoms with van der Waals surface area (Å²) in [5.41, 5.74) is 7.69. The van der Waals surface area contributed by atoms with Crippen LogP contribution in [0.1, 0.15) is 38.7 Å². The molecule has 0 radical (unpaired) electrons. The maximum Gasteiger partial charge on any atom is 0.123 e. The first-order valence-electron chi connectivity index (χ1n) is 6.53. The molecule has 0 aliphatic heterocycles. The molecule has 0 aromatic heterocycles. The van der Waals surface area contributed by atoms with Crippen molar-refractivity contribution in [3.05, 3.63) is 35.6 Å². The van der Waals surface area contributed by atoms with Crippen molar-refractivity contribution in [3.63, 3.8) is 0 Å². The molecule has 2 saturated carbocycles. The molecule has 1 nitrogen and oxygen atoms in total.